The van der Waals surface area contributed by atoms with Crippen molar-refractivity contribution in [3.8, 4) is 0 Å². The van der Waals surface area contributed by atoms with Gasteiger partial charge in [-0.3, -0.25) is 4.79 Å². The maximum atomic E-state index is 12.4. The van der Waals surface area contributed by atoms with Gasteiger partial charge in [-0.25, -0.2) is 0 Å². The van der Waals surface area contributed by atoms with Crippen LogP contribution in [0.3, 0.4) is 0 Å². The predicted molar refractivity (Wildman–Crippen MR) is 72.1 cm³/mol. The number of ether oxygens (including phenoxy) is 3. The Balaban J connectivity index is 1.51. The number of carbonyl (C=O) groups excluding carboxylic acids is 1. The lowest BCUT2D eigenvalue weighted by atomic mass is 9.65. The molecule has 2 heterocycles. The van der Waals surface area contributed by atoms with Crippen molar-refractivity contribution >= 4 is 5.97 Å². The number of rotatable bonds is 3. The van der Waals surface area contributed by atoms with E-state index in [1.54, 1.807) is 0 Å². The first kappa shape index (κ1) is 13.1. The van der Waals surface area contributed by atoms with Crippen LogP contribution in [0, 0.1) is 17.3 Å². The second-order valence-electron chi connectivity index (χ2n) is 7.35. The Morgan fingerprint density at radius 2 is 1.95 bits per heavy atom. The Kier molecular flexibility index (Phi) is 2.90. The Morgan fingerprint density at radius 1 is 1.20 bits per heavy atom. The lowest BCUT2D eigenvalue weighted by Gasteiger charge is -2.38. The lowest BCUT2D eigenvalue weighted by Crippen LogP contribution is -2.40. The number of hydrogen-bond acceptors (Lipinski definition) is 4. The van der Waals surface area contributed by atoms with Crippen molar-refractivity contribution in [2.45, 2.75) is 69.9 Å². The van der Waals surface area contributed by atoms with Crippen LogP contribution in [0.2, 0.25) is 0 Å². The molecule has 0 aromatic heterocycles. The summed E-state index contributed by atoms with van der Waals surface area (Å²) in [5, 5.41) is 0. The van der Waals surface area contributed by atoms with Gasteiger partial charge in [0.05, 0.1) is 36.9 Å². The molecule has 7 unspecified atom stereocenters. The summed E-state index contributed by atoms with van der Waals surface area (Å²) < 4.78 is 16.5. The molecule has 2 aliphatic carbocycles. The third kappa shape index (κ3) is 2.08. The molecule has 4 aliphatic rings. The molecule has 0 N–H and O–H groups in total. The summed E-state index contributed by atoms with van der Waals surface area (Å²) in [6.07, 6.45) is 7.77. The Labute approximate surface area is 120 Å². The predicted octanol–water partition coefficient (Wildman–Crippen LogP) is 2.30. The molecule has 2 saturated carbocycles. The van der Waals surface area contributed by atoms with Crippen LogP contribution < -0.4 is 0 Å². The van der Waals surface area contributed by atoms with Crippen molar-refractivity contribution in [3.63, 3.8) is 0 Å². The molecule has 7 atom stereocenters. The van der Waals surface area contributed by atoms with Crippen LogP contribution in [0.1, 0.15) is 45.4 Å². The molecule has 4 nitrogen and oxygen atoms in total. The molecule has 0 aromatic carbocycles. The highest BCUT2D eigenvalue weighted by Crippen LogP contribution is 2.53. The molecule has 0 amide bonds. The number of methoxy groups -OCH3 is 1. The molecule has 0 radical (unpaired) electrons. The second-order valence-corrected chi connectivity index (χ2v) is 7.35. The van der Waals surface area contributed by atoms with Crippen molar-refractivity contribution in [2.75, 3.05) is 7.11 Å². The Bertz CT molecular complexity index is 423. The summed E-state index contributed by atoms with van der Waals surface area (Å²) in [5.41, 5.74) is -0.299. The van der Waals surface area contributed by atoms with Crippen LogP contribution in [0.4, 0.5) is 0 Å². The lowest BCUT2D eigenvalue weighted by molar-refractivity contribution is -0.156. The topological polar surface area (TPSA) is 51.4 Å². The standard InChI is InChI=1S/C16H24O4/c1-9-5-12-13(20-12)6-10(9)7-16(15(17)18-2)4-3-11-14(8-16)19-11/h9-14H,3-8H2,1-2H3. The fourth-order valence-corrected chi connectivity index (χ4v) is 4.66. The number of fused-ring (bicyclic) bond motifs is 2. The van der Waals surface area contributed by atoms with Gasteiger partial charge in [-0.2, -0.15) is 0 Å². The largest absolute Gasteiger partial charge is 0.469 e. The number of hydrogen-bond donors (Lipinski definition) is 0. The van der Waals surface area contributed by atoms with E-state index in [2.05, 4.69) is 6.92 Å². The second kappa shape index (κ2) is 4.44. The highest BCUT2D eigenvalue weighted by molar-refractivity contribution is 5.77. The van der Waals surface area contributed by atoms with Crippen molar-refractivity contribution in [1.29, 1.82) is 0 Å². The SMILES string of the molecule is COC(=O)C1(CC2CC3OC3CC2C)CCC2OC2C1. The number of carbonyl (C=O) groups is 1. The fraction of sp³-hybridized carbons (Fsp3) is 0.938. The minimum Gasteiger partial charge on any atom is -0.469 e. The average Bonchev–Trinajstić information content (AvgIpc) is 3.32. The van der Waals surface area contributed by atoms with Crippen LogP contribution in [0.5, 0.6) is 0 Å². The zero-order chi connectivity index (χ0) is 13.9. The first-order valence-electron chi connectivity index (χ1n) is 8.01. The summed E-state index contributed by atoms with van der Waals surface area (Å²) >= 11 is 0. The summed E-state index contributed by atoms with van der Waals surface area (Å²) in [6, 6.07) is 0. The van der Waals surface area contributed by atoms with Gasteiger partial charge in [0.25, 0.3) is 0 Å². The summed E-state index contributed by atoms with van der Waals surface area (Å²) in [5.74, 6) is 1.23. The fourth-order valence-electron chi connectivity index (χ4n) is 4.66. The summed E-state index contributed by atoms with van der Waals surface area (Å²) in [6.45, 7) is 2.31. The molecule has 0 bridgehead atoms. The number of epoxide rings is 2. The average molecular weight is 280 g/mol. The van der Waals surface area contributed by atoms with Crippen LogP contribution in [0.15, 0.2) is 0 Å². The molecule has 4 heteroatoms. The van der Waals surface area contributed by atoms with E-state index in [1.165, 1.54) is 7.11 Å². The monoisotopic (exact) mass is 280 g/mol. The molecule has 20 heavy (non-hydrogen) atoms. The van der Waals surface area contributed by atoms with Gasteiger partial charge in [0, 0.05) is 0 Å². The van der Waals surface area contributed by atoms with Crippen LogP contribution >= 0.6 is 0 Å². The molecule has 0 aromatic rings. The van der Waals surface area contributed by atoms with E-state index in [1.807, 2.05) is 0 Å². The normalized spacial score (nSPS) is 52.7. The van der Waals surface area contributed by atoms with Gasteiger partial charge in [0.2, 0.25) is 0 Å². The van der Waals surface area contributed by atoms with Crippen LogP contribution in [-0.4, -0.2) is 37.5 Å². The minimum absolute atomic E-state index is 0.0162. The quantitative estimate of drug-likeness (QED) is 0.588. The summed E-state index contributed by atoms with van der Waals surface area (Å²) in [7, 11) is 1.52. The van der Waals surface area contributed by atoms with E-state index in [-0.39, 0.29) is 11.4 Å². The van der Waals surface area contributed by atoms with Gasteiger partial charge in [0.15, 0.2) is 0 Å². The van der Waals surface area contributed by atoms with Crippen LogP contribution in [-0.2, 0) is 19.0 Å². The third-order valence-electron chi connectivity index (χ3n) is 6.09. The molecule has 2 aliphatic heterocycles. The number of esters is 1. The molecule has 4 fully saturated rings. The highest BCUT2D eigenvalue weighted by Gasteiger charge is 2.56. The van der Waals surface area contributed by atoms with E-state index in [0.29, 0.717) is 36.3 Å². The van der Waals surface area contributed by atoms with Gasteiger partial charge in [-0.05, 0) is 50.4 Å². The van der Waals surface area contributed by atoms with Crippen molar-refractivity contribution in [2.24, 2.45) is 17.3 Å². The molecule has 2 saturated heterocycles. The van der Waals surface area contributed by atoms with E-state index >= 15 is 0 Å². The molecular formula is C16H24O4. The molecule has 0 spiro atoms. The minimum atomic E-state index is -0.299. The van der Waals surface area contributed by atoms with E-state index in [4.69, 9.17) is 14.2 Å². The van der Waals surface area contributed by atoms with E-state index < -0.39 is 0 Å². The van der Waals surface area contributed by atoms with Gasteiger partial charge in [0.1, 0.15) is 0 Å². The van der Waals surface area contributed by atoms with Crippen molar-refractivity contribution in [3.05, 3.63) is 0 Å². The first-order chi connectivity index (χ1) is 9.61. The van der Waals surface area contributed by atoms with Crippen molar-refractivity contribution < 1.29 is 19.0 Å². The molecular weight excluding hydrogens is 256 g/mol. The van der Waals surface area contributed by atoms with Gasteiger partial charge in [-0.1, -0.05) is 6.92 Å². The zero-order valence-electron chi connectivity index (χ0n) is 12.3. The zero-order valence-corrected chi connectivity index (χ0v) is 12.3. The Morgan fingerprint density at radius 3 is 2.70 bits per heavy atom. The van der Waals surface area contributed by atoms with Crippen LogP contribution in [0.25, 0.3) is 0 Å². The van der Waals surface area contributed by atoms with E-state index in [0.717, 1.165) is 38.5 Å². The maximum absolute atomic E-state index is 12.4. The van der Waals surface area contributed by atoms with Crippen molar-refractivity contribution in [1.82, 2.24) is 0 Å². The maximum Gasteiger partial charge on any atom is 0.311 e. The van der Waals surface area contributed by atoms with E-state index in [9.17, 15) is 4.79 Å². The molecule has 4 rings (SSSR count). The third-order valence-corrected chi connectivity index (χ3v) is 6.09. The molecule has 112 valence electrons. The summed E-state index contributed by atoms with van der Waals surface area (Å²) in [4.78, 5) is 12.4. The van der Waals surface area contributed by atoms with Gasteiger partial charge in [-0.15, -0.1) is 0 Å². The van der Waals surface area contributed by atoms with Gasteiger partial charge < -0.3 is 14.2 Å². The first-order valence-corrected chi connectivity index (χ1v) is 8.01. The van der Waals surface area contributed by atoms with Gasteiger partial charge >= 0.3 is 5.97 Å². The smallest absolute Gasteiger partial charge is 0.311 e. The Hall–Kier alpha value is -0.610. The highest BCUT2D eigenvalue weighted by atomic mass is 16.6.